The molecule has 172 valence electrons. The number of anilines is 1. The molecule has 5 rings (SSSR count). The first-order valence-electron chi connectivity index (χ1n) is 12.0. The number of halogens is 1. The number of piperidine rings is 1. The van der Waals surface area contributed by atoms with Crippen molar-refractivity contribution in [1.82, 2.24) is 9.88 Å². The molecule has 32 heavy (non-hydrogen) atoms. The third-order valence-electron chi connectivity index (χ3n) is 9.61. The maximum atomic E-state index is 13.3. The molecule has 4 aliphatic rings. The molecule has 3 aliphatic carbocycles. The molecule has 0 spiro atoms. The maximum Gasteiger partial charge on any atom is 0.229 e. The second-order valence-electron chi connectivity index (χ2n) is 11.1. The summed E-state index contributed by atoms with van der Waals surface area (Å²) >= 11 is 0. The van der Waals surface area contributed by atoms with Gasteiger partial charge in [-0.15, -0.1) is 0 Å². The average Bonchev–Trinajstić information content (AvgIpc) is 3.10. The molecule has 2 unspecified atom stereocenters. The summed E-state index contributed by atoms with van der Waals surface area (Å²) in [5.74, 6) is 1.86. The Bertz CT molecular complexity index is 989. The van der Waals surface area contributed by atoms with Crippen molar-refractivity contribution in [3.63, 3.8) is 0 Å². The van der Waals surface area contributed by atoms with E-state index < -0.39 is 5.82 Å². The summed E-state index contributed by atoms with van der Waals surface area (Å²) in [5, 5.41) is 2.94. The summed E-state index contributed by atoms with van der Waals surface area (Å²) in [7, 11) is 1.95. The van der Waals surface area contributed by atoms with Gasteiger partial charge in [0.2, 0.25) is 11.8 Å². The number of aromatic nitrogens is 1. The van der Waals surface area contributed by atoms with Gasteiger partial charge in [-0.05, 0) is 80.8 Å². The van der Waals surface area contributed by atoms with E-state index in [0.717, 1.165) is 44.7 Å². The number of rotatable bonds is 2. The number of likely N-dealkylation sites (tertiary alicyclic amines) is 1. The smallest absolute Gasteiger partial charge is 0.229 e. The number of allylic oxidation sites excluding steroid dienone is 2. The molecule has 0 bridgehead atoms. The highest BCUT2D eigenvalue weighted by Crippen LogP contribution is 2.66. The lowest BCUT2D eigenvalue weighted by Gasteiger charge is -2.59. The normalized spacial score (nSPS) is 38.8. The van der Waals surface area contributed by atoms with E-state index in [0.29, 0.717) is 30.0 Å². The van der Waals surface area contributed by atoms with Crippen LogP contribution in [0.5, 0.6) is 0 Å². The molecule has 2 saturated carbocycles. The Morgan fingerprint density at radius 2 is 1.97 bits per heavy atom. The highest BCUT2D eigenvalue weighted by Gasteiger charge is 2.61. The number of nitrogens with zero attached hydrogens (tertiary/aromatic N) is 2. The number of amides is 2. The molecule has 1 aliphatic heterocycles. The van der Waals surface area contributed by atoms with E-state index in [4.69, 9.17) is 0 Å². The van der Waals surface area contributed by atoms with Crippen molar-refractivity contribution in [2.75, 3.05) is 12.4 Å². The van der Waals surface area contributed by atoms with Crippen molar-refractivity contribution in [3.8, 4) is 0 Å². The van der Waals surface area contributed by atoms with Crippen molar-refractivity contribution in [2.45, 2.75) is 65.7 Å². The zero-order valence-corrected chi connectivity index (χ0v) is 19.6. The molecule has 1 aromatic rings. The third-order valence-corrected chi connectivity index (χ3v) is 9.61. The van der Waals surface area contributed by atoms with Gasteiger partial charge in [-0.25, -0.2) is 9.37 Å². The van der Waals surface area contributed by atoms with Gasteiger partial charge in [0.15, 0.2) is 0 Å². The van der Waals surface area contributed by atoms with Crippen LogP contribution in [0.15, 0.2) is 29.6 Å². The van der Waals surface area contributed by atoms with Crippen LogP contribution in [0, 0.1) is 40.3 Å². The van der Waals surface area contributed by atoms with E-state index in [-0.39, 0.29) is 28.6 Å². The van der Waals surface area contributed by atoms with Crippen molar-refractivity contribution in [2.24, 2.45) is 34.5 Å². The largest absolute Gasteiger partial charge is 0.319 e. The number of fused-ring (bicyclic) bond motifs is 5. The van der Waals surface area contributed by atoms with Gasteiger partial charge in [0.1, 0.15) is 11.6 Å². The molecule has 0 radical (unpaired) electrons. The average molecular weight is 440 g/mol. The summed E-state index contributed by atoms with van der Waals surface area (Å²) in [5.41, 5.74) is 2.65. The fraction of sp³-hybridized carbons (Fsp3) is 0.654. The minimum absolute atomic E-state index is 0.0190. The Hall–Kier alpha value is -2.24. The maximum absolute atomic E-state index is 13.3. The molecule has 6 heteroatoms. The minimum Gasteiger partial charge on any atom is -0.319 e. The predicted molar refractivity (Wildman–Crippen MR) is 121 cm³/mol. The van der Waals surface area contributed by atoms with Crippen molar-refractivity contribution in [3.05, 3.63) is 35.4 Å². The first-order valence-corrected chi connectivity index (χ1v) is 12.0. The van der Waals surface area contributed by atoms with Crippen LogP contribution in [0.3, 0.4) is 0 Å². The molecule has 5 nitrogen and oxygen atoms in total. The van der Waals surface area contributed by atoms with Crippen LogP contribution in [0.2, 0.25) is 0 Å². The number of pyridine rings is 1. The summed E-state index contributed by atoms with van der Waals surface area (Å²) in [6.45, 7) is 6.91. The van der Waals surface area contributed by atoms with E-state index in [1.54, 1.807) is 0 Å². The van der Waals surface area contributed by atoms with Gasteiger partial charge < -0.3 is 10.2 Å². The lowest BCUT2D eigenvalue weighted by Crippen LogP contribution is -2.54. The van der Waals surface area contributed by atoms with E-state index in [9.17, 15) is 14.0 Å². The summed E-state index contributed by atoms with van der Waals surface area (Å²) in [6, 6.07) is 2.85. The number of carbonyl (C=O) groups is 2. The van der Waals surface area contributed by atoms with Gasteiger partial charge >= 0.3 is 0 Å². The van der Waals surface area contributed by atoms with Gasteiger partial charge in [0.05, 0.1) is 6.20 Å². The zero-order chi connectivity index (χ0) is 22.8. The van der Waals surface area contributed by atoms with Crippen LogP contribution < -0.4 is 5.32 Å². The second-order valence-corrected chi connectivity index (χ2v) is 11.1. The van der Waals surface area contributed by atoms with E-state index in [1.807, 2.05) is 11.9 Å². The fourth-order valence-corrected chi connectivity index (χ4v) is 8.20. The molecule has 3 fully saturated rings. The van der Waals surface area contributed by atoms with Gasteiger partial charge in [-0.1, -0.05) is 19.4 Å². The molecular formula is C26H34FN3O2. The molecular weight excluding hydrogens is 405 g/mol. The van der Waals surface area contributed by atoms with Crippen LogP contribution in [0.4, 0.5) is 10.2 Å². The van der Waals surface area contributed by atoms with Crippen LogP contribution >= 0.6 is 0 Å². The SMILES string of the molecule is CC1=C2N(C)C(=O)CC[C@]2(C)C2CC[C@]3(C)[C@@H](C(=O)Nc4ccc(F)cn4)CC[C@H]3C2C1. The number of hydrogen-bond acceptors (Lipinski definition) is 3. The van der Waals surface area contributed by atoms with Crippen LogP contribution in [0.25, 0.3) is 0 Å². The highest BCUT2D eigenvalue weighted by molar-refractivity contribution is 5.92. The van der Waals surface area contributed by atoms with Gasteiger partial charge in [0.25, 0.3) is 0 Å². The second kappa shape index (κ2) is 7.39. The first-order chi connectivity index (χ1) is 15.1. The van der Waals surface area contributed by atoms with E-state index in [2.05, 4.69) is 31.1 Å². The molecule has 1 saturated heterocycles. The highest BCUT2D eigenvalue weighted by atomic mass is 19.1. The summed E-state index contributed by atoms with van der Waals surface area (Å²) in [6.07, 6.45) is 7.84. The summed E-state index contributed by atoms with van der Waals surface area (Å²) in [4.78, 5) is 31.6. The van der Waals surface area contributed by atoms with Gasteiger partial charge in [-0.2, -0.15) is 0 Å². The van der Waals surface area contributed by atoms with Crippen LogP contribution in [0.1, 0.15) is 65.7 Å². The standard InChI is InChI=1S/C26H34FN3O2/c1-15-13-17-18-6-7-20(24(32)29-21-8-5-16(27)14-28-21)25(18,2)11-9-19(17)26(3)12-10-22(31)30(4)23(15)26/h5,8,14,17-20H,6-7,9-13H2,1-4H3,(H,28,29,32)/t17?,18-,19?,20+,25-,26+/m0/s1. The van der Waals surface area contributed by atoms with Crippen molar-refractivity contribution < 1.29 is 14.0 Å². The van der Waals surface area contributed by atoms with E-state index >= 15 is 0 Å². The van der Waals surface area contributed by atoms with Gasteiger partial charge in [0, 0.05) is 30.5 Å². The Kier molecular flexibility index (Phi) is 4.99. The van der Waals surface area contributed by atoms with Crippen molar-refractivity contribution in [1.29, 1.82) is 0 Å². The quantitative estimate of drug-likeness (QED) is 0.693. The molecule has 6 atom stereocenters. The third kappa shape index (κ3) is 3.05. The van der Waals surface area contributed by atoms with E-state index in [1.165, 1.54) is 23.4 Å². The number of hydrogen-bond donors (Lipinski definition) is 1. The lowest BCUT2D eigenvalue weighted by atomic mass is 9.48. The monoisotopic (exact) mass is 439 g/mol. The Morgan fingerprint density at radius 3 is 2.69 bits per heavy atom. The van der Waals surface area contributed by atoms with Crippen LogP contribution in [-0.4, -0.2) is 28.7 Å². The zero-order valence-electron chi connectivity index (χ0n) is 19.6. The molecule has 1 N–H and O–H groups in total. The first kappa shape index (κ1) is 21.6. The summed E-state index contributed by atoms with van der Waals surface area (Å²) < 4.78 is 13.2. The number of nitrogens with one attached hydrogen (secondary N) is 1. The topological polar surface area (TPSA) is 62.3 Å². The Morgan fingerprint density at radius 1 is 1.19 bits per heavy atom. The minimum atomic E-state index is -0.405. The Balaban J connectivity index is 1.41. The Labute approximate surface area is 189 Å². The lowest BCUT2D eigenvalue weighted by molar-refractivity contribution is -0.137. The molecule has 2 heterocycles. The van der Waals surface area contributed by atoms with Gasteiger partial charge in [-0.3, -0.25) is 9.59 Å². The number of carbonyl (C=O) groups excluding carboxylic acids is 2. The van der Waals surface area contributed by atoms with Crippen molar-refractivity contribution >= 4 is 17.6 Å². The van der Waals surface area contributed by atoms with Crippen LogP contribution in [-0.2, 0) is 9.59 Å². The molecule has 1 aromatic heterocycles. The fourth-order valence-electron chi connectivity index (χ4n) is 8.20. The molecule has 2 amide bonds. The molecule has 0 aromatic carbocycles. The predicted octanol–water partition coefficient (Wildman–Crippen LogP) is 5.15.